The summed E-state index contributed by atoms with van der Waals surface area (Å²) in [7, 11) is 0. The van der Waals surface area contributed by atoms with Crippen LogP contribution in [0, 0.1) is 29.1 Å². The van der Waals surface area contributed by atoms with Crippen LogP contribution in [0.15, 0.2) is 11.6 Å². The van der Waals surface area contributed by atoms with Crippen LogP contribution < -0.4 is 0 Å². The van der Waals surface area contributed by atoms with Crippen LogP contribution in [-0.2, 0) is 0 Å². The van der Waals surface area contributed by atoms with Gasteiger partial charge in [-0.25, -0.2) is 0 Å². The maximum atomic E-state index is 8.53. The van der Waals surface area contributed by atoms with Crippen molar-refractivity contribution in [3.63, 3.8) is 0 Å². The van der Waals surface area contributed by atoms with Crippen LogP contribution in [0.3, 0.4) is 0 Å². The normalized spacial score (nSPS) is 27.2. The van der Waals surface area contributed by atoms with Crippen LogP contribution in [0.25, 0.3) is 0 Å². The average molecular weight is 191 g/mol. The van der Waals surface area contributed by atoms with Crippen molar-refractivity contribution in [1.29, 1.82) is 5.26 Å². The van der Waals surface area contributed by atoms with Crippen LogP contribution in [0.4, 0.5) is 0 Å². The van der Waals surface area contributed by atoms with Crippen molar-refractivity contribution in [2.24, 2.45) is 17.8 Å². The molecule has 1 heteroatoms. The van der Waals surface area contributed by atoms with E-state index in [1.165, 1.54) is 18.4 Å². The van der Waals surface area contributed by atoms with E-state index in [1.807, 2.05) is 0 Å². The second-order valence-electron chi connectivity index (χ2n) is 4.85. The Bertz CT molecular complexity index is 244. The van der Waals surface area contributed by atoms with Crippen molar-refractivity contribution in [1.82, 2.24) is 0 Å². The van der Waals surface area contributed by atoms with Crippen LogP contribution in [0.2, 0.25) is 0 Å². The molecule has 0 amide bonds. The molecule has 2 atom stereocenters. The Labute approximate surface area is 87.8 Å². The zero-order valence-corrected chi connectivity index (χ0v) is 9.59. The van der Waals surface area contributed by atoms with Crippen molar-refractivity contribution in [3.8, 4) is 6.07 Å². The summed E-state index contributed by atoms with van der Waals surface area (Å²) in [5.74, 6) is 2.44. The lowest BCUT2D eigenvalue weighted by Gasteiger charge is -2.31. The van der Waals surface area contributed by atoms with Crippen molar-refractivity contribution in [2.45, 2.75) is 46.5 Å². The second-order valence-corrected chi connectivity index (χ2v) is 4.85. The quantitative estimate of drug-likeness (QED) is 0.620. The molecule has 0 heterocycles. The van der Waals surface area contributed by atoms with E-state index in [0.717, 1.165) is 24.2 Å². The van der Waals surface area contributed by atoms with Gasteiger partial charge in [-0.05, 0) is 37.0 Å². The largest absolute Gasteiger partial charge is 0.198 e. The lowest BCUT2D eigenvalue weighted by Crippen LogP contribution is -2.21. The maximum Gasteiger partial charge on any atom is 0.0625 e. The van der Waals surface area contributed by atoms with Gasteiger partial charge in [-0.3, -0.25) is 0 Å². The van der Waals surface area contributed by atoms with Gasteiger partial charge in [0.15, 0.2) is 0 Å². The van der Waals surface area contributed by atoms with Gasteiger partial charge in [0.2, 0.25) is 0 Å². The molecular weight excluding hydrogens is 170 g/mol. The predicted octanol–water partition coefficient (Wildman–Crippen LogP) is 3.92. The first-order valence-corrected chi connectivity index (χ1v) is 5.70. The van der Waals surface area contributed by atoms with Crippen molar-refractivity contribution in [3.05, 3.63) is 11.6 Å². The summed E-state index contributed by atoms with van der Waals surface area (Å²) in [5, 5.41) is 8.53. The highest BCUT2D eigenvalue weighted by Crippen LogP contribution is 2.35. The zero-order chi connectivity index (χ0) is 10.6. The molecule has 0 N–H and O–H groups in total. The Morgan fingerprint density at radius 2 is 2.29 bits per heavy atom. The molecule has 0 aliphatic heterocycles. The number of nitriles is 1. The molecule has 0 saturated carbocycles. The van der Waals surface area contributed by atoms with Crippen molar-refractivity contribution in [2.75, 3.05) is 0 Å². The van der Waals surface area contributed by atoms with Gasteiger partial charge < -0.3 is 0 Å². The Balaban J connectivity index is 2.50. The number of allylic oxidation sites excluding steroid dienone is 2. The molecule has 0 radical (unpaired) electrons. The lowest BCUT2D eigenvalue weighted by atomic mass is 9.74. The minimum Gasteiger partial charge on any atom is -0.198 e. The first kappa shape index (κ1) is 11.3. The Morgan fingerprint density at radius 3 is 2.79 bits per heavy atom. The zero-order valence-electron chi connectivity index (χ0n) is 9.59. The topological polar surface area (TPSA) is 23.8 Å². The predicted molar refractivity (Wildman–Crippen MR) is 59.7 cm³/mol. The minimum absolute atomic E-state index is 0.685. The van der Waals surface area contributed by atoms with E-state index in [9.17, 15) is 0 Å². The highest BCUT2D eigenvalue weighted by atomic mass is 14.3. The Hall–Kier alpha value is -0.770. The molecule has 78 valence electrons. The van der Waals surface area contributed by atoms with Crippen LogP contribution >= 0.6 is 0 Å². The number of rotatable bonds is 3. The molecule has 1 rings (SSSR count). The highest BCUT2D eigenvalue weighted by Gasteiger charge is 2.24. The molecule has 0 aromatic heterocycles. The van der Waals surface area contributed by atoms with E-state index in [-0.39, 0.29) is 0 Å². The molecule has 1 aliphatic carbocycles. The summed E-state index contributed by atoms with van der Waals surface area (Å²) in [6.07, 6.45) is 6.49. The summed E-state index contributed by atoms with van der Waals surface area (Å²) >= 11 is 0. The lowest BCUT2D eigenvalue weighted by molar-refractivity contribution is 0.257. The Kier molecular flexibility index (Phi) is 4.20. The molecule has 0 aromatic carbocycles. The van der Waals surface area contributed by atoms with E-state index in [1.54, 1.807) is 0 Å². The monoisotopic (exact) mass is 191 g/mol. The maximum absolute atomic E-state index is 8.53. The van der Waals surface area contributed by atoms with Gasteiger partial charge in [0.05, 0.1) is 6.07 Å². The van der Waals surface area contributed by atoms with E-state index >= 15 is 0 Å². The number of hydrogen-bond donors (Lipinski definition) is 0. The molecule has 0 fully saturated rings. The van der Waals surface area contributed by atoms with Crippen LogP contribution in [-0.4, -0.2) is 0 Å². The first-order valence-electron chi connectivity index (χ1n) is 5.70. The summed E-state index contributed by atoms with van der Waals surface area (Å²) in [5.41, 5.74) is 1.51. The average Bonchev–Trinajstić information content (AvgIpc) is 2.14. The number of nitrogens with zero attached hydrogens (tertiary/aromatic N) is 1. The highest BCUT2D eigenvalue weighted by molar-refractivity contribution is 5.09. The summed E-state index contributed by atoms with van der Waals surface area (Å²) in [6.45, 7) is 6.98. The summed E-state index contributed by atoms with van der Waals surface area (Å²) in [4.78, 5) is 0. The molecule has 0 aromatic rings. The summed E-state index contributed by atoms with van der Waals surface area (Å²) < 4.78 is 0. The van der Waals surface area contributed by atoms with E-state index < -0.39 is 0 Å². The van der Waals surface area contributed by atoms with Gasteiger partial charge >= 0.3 is 0 Å². The van der Waals surface area contributed by atoms with Crippen LogP contribution in [0.1, 0.15) is 46.5 Å². The third-order valence-electron chi connectivity index (χ3n) is 3.41. The van der Waals surface area contributed by atoms with Gasteiger partial charge in [-0.1, -0.05) is 32.4 Å². The van der Waals surface area contributed by atoms with Gasteiger partial charge in [-0.2, -0.15) is 5.26 Å². The van der Waals surface area contributed by atoms with Gasteiger partial charge in [0, 0.05) is 6.42 Å². The van der Waals surface area contributed by atoms with E-state index in [2.05, 4.69) is 32.9 Å². The number of hydrogen-bond acceptors (Lipinski definition) is 1. The van der Waals surface area contributed by atoms with Gasteiger partial charge in [0.1, 0.15) is 0 Å². The summed E-state index contributed by atoms with van der Waals surface area (Å²) in [6, 6.07) is 2.22. The molecule has 0 bridgehead atoms. The smallest absolute Gasteiger partial charge is 0.0625 e. The fraction of sp³-hybridized carbons (Fsp3) is 0.769. The van der Waals surface area contributed by atoms with E-state index in [4.69, 9.17) is 5.26 Å². The van der Waals surface area contributed by atoms with Crippen LogP contribution in [0.5, 0.6) is 0 Å². The molecular formula is C13H21N. The van der Waals surface area contributed by atoms with Gasteiger partial charge in [0.25, 0.3) is 0 Å². The fourth-order valence-corrected chi connectivity index (χ4v) is 2.53. The standard InChI is InChI=1S/C13H21N/c1-10(2)13-7-6-12(5-4-8-14)9-11(13)3/h6,10-11,13H,4-5,7,9H2,1-3H3/t11-,13-/m1/s1. The van der Waals surface area contributed by atoms with Crippen molar-refractivity contribution >= 4 is 0 Å². The molecule has 0 saturated heterocycles. The molecule has 0 spiro atoms. The van der Waals surface area contributed by atoms with Crippen molar-refractivity contribution < 1.29 is 0 Å². The molecule has 1 nitrogen and oxygen atoms in total. The minimum atomic E-state index is 0.685. The first-order chi connectivity index (χ1) is 6.65. The third-order valence-corrected chi connectivity index (χ3v) is 3.41. The molecule has 14 heavy (non-hydrogen) atoms. The third kappa shape index (κ3) is 2.87. The Morgan fingerprint density at radius 1 is 1.57 bits per heavy atom. The fourth-order valence-electron chi connectivity index (χ4n) is 2.53. The SMILES string of the molecule is CC(C)[C@H]1CC=C(CCC#N)C[C@H]1C. The second kappa shape index (κ2) is 5.20. The van der Waals surface area contributed by atoms with Gasteiger partial charge in [-0.15, -0.1) is 0 Å². The molecule has 1 aliphatic rings. The van der Waals surface area contributed by atoms with E-state index in [0.29, 0.717) is 6.42 Å². The molecule has 0 unspecified atom stereocenters.